The van der Waals surface area contributed by atoms with Crippen LogP contribution in [0.1, 0.15) is 12.0 Å². The molecule has 0 atom stereocenters. The molecule has 3 nitrogen and oxygen atoms in total. The van der Waals surface area contributed by atoms with Crippen molar-refractivity contribution in [2.75, 3.05) is 5.73 Å². The van der Waals surface area contributed by atoms with Crippen LogP contribution < -0.4 is 5.73 Å². The molecule has 0 spiro atoms. The molecule has 15 heavy (non-hydrogen) atoms. The van der Waals surface area contributed by atoms with E-state index in [1.165, 1.54) is 12.1 Å². The standard InChI is InChI=1S/C10H9F2N3/c11-9(12)7-3-1-6(2-4-7)8-5-14-10(13)15-8/h1-5,9H,(H3,13,14,15). The summed E-state index contributed by atoms with van der Waals surface area (Å²) >= 11 is 0. The molecular formula is C10H9F2N3. The number of aromatic nitrogens is 2. The molecular weight excluding hydrogens is 200 g/mol. The normalized spacial score (nSPS) is 10.9. The fraction of sp³-hybridized carbons (Fsp3) is 0.100. The zero-order valence-electron chi connectivity index (χ0n) is 7.74. The summed E-state index contributed by atoms with van der Waals surface area (Å²) < 4.78 is 24.5. The van der Waals surface area contributed by atoms with Crippen molar-refractivity contribution >= 4 is 5.95 Å². The van der Waals surface area contributed by atoms with Crippen molar-refractivity contribution in [2.45, 2.75) is 6.43 Å². The lowest BCUT2D eigenvalue weighted by Crippen LogP contribution is -1.86. The molecule has 1 heterocycles. The van der Waals surface area contributed by atoms with Gasteiger partial charge in [-0.2, -0.15) is 0 Å². The minimum Gasteiger partial charge on any atom is -0.369 e. The van der Waals surface area contributed by atoms with E-state index >= 15 is 0 Å². The monoisotopic (exact) mass is 209 g/mol. The van der Waals surface area contributed by atoms with E-state index in [-0.39, 0.29) is 5.56 Å². The summed E-state index contributed by atoms with van der Waals surface area (Å²) in [5, 5.41) is 0. The maximum atomic E-state index is 12.3. The second-order valence-corrected chi connectivity index (χ2v) is 3.10. The molecule has 5 heteroatoms. The maximum Gasteiger partial charge on any atom is 0.263 e. The van der Waals surface area contributed by atoms with Crippen LogP contribution in [0.25, 0.3) is 11.3 Å². The van der Waals surface area contributed by atoms with Crippen LogP contribution >= 0.6 is 0 Å². The molecule has 2 rings (SSSR count). The number of nitrogens with two attached hydrogens (primary N) is 1. The number of hydrogen-bond acceptors (Lipinski definition) is 2. The molecule has 78 valence electrons. The molecule has 0 saturated heterocycles. The van der Waals surface area contributed by atoms with Crippen LogP contribution in [-0.2, 0) is 0 Å². The van der Waals surface area contributed by atoms with Gasteiger partial charge < -0.3 is 10.7 Å². The van der Waals surface area contributed by atoms with Crippen molar-refractivity contribution in [3.05, 3.63) is 36.0 Å². The van der Waals surface area contributed by atoms with Crippen LogP contribution in [0.3, 0.4) is 0 Å². The molecule has 0 radical (unpaired) electrons. The van der Waals surface area contributed by atoms with Gasteiger partial charge in [-0.05, 0) is 5.56 Å². The maximum absolute atomic E-state index is 12.3. The first-order chi connectivity index (χ1) is 7.16. The minimum absolute atomic E-state index is 0.00578. The Kier molecular flexibility index (Phi) is 2.37. The first-order valence-corrected chi connectivity index (χ1v) is 4.36. The molecule has 0 aliphatic heterocycles. The number of halogens is 2. The van der Waals surface area contributed by atoms with E-state index in [2.05, 4.69) is 9.97 Å². The molecule has 0 aliphatic carbocycles. The number of H-pyrrole nitrogens is 1. The third-order valence-electron chi connectivity index (χ3n) is 2.07. The van der Waals surface area contributed by atoms with Gasteiger partial charge >= 0.3 is 0 Å². The first-order valence-electron chi connectivity index (χ1n) is 4.36. The average molecular weight is 209 g/mol. The van der Waals surface area contributed by atoms with E-state index in [0.29, 0.717) is 11.6 Å². The Balaban J connectivity index is 2.31. The summed E-state index contributed by atoms with van der Waals surface area (Å²) in [7, 11) is 0. The SMILES string of the molecule is Nc1ncc(-c2ccc(C(F)F)cc2)[nH]1. The highest BCUT2D eigenvalue weighted by atomic mass is 19.3. The van der Waals surface area contributed by atoms with Gasteiger partial charge in [0.15, 0.2) is 5.95 Å². The zero-order valence-corrected chi connectivity index (χ0v) is 7.74. The summed E-state index contributed by atoms with van der Waals surface area (Å²) in [5.41, 5.74) is 6.91. The Morgan fingerprint density at radius 1 is 1.20 bits per heavy atom. The van der Waals surface area contributed by atoms with E-state index in [9.17, 15) is 8.78 Å². The van der Waals surface area contributed by atoms with Gasteiger partial charge in [0.1, 0.15) is 0 Å². The van der Waals surface area contributed by atoms with Gasteiger partial charge in [-0.15, -0.1) is 0 Å². The molecule has 0 aliphatic rings. The van der Waals surface area contributed by atoms with Crippen LogP contribution in [0.4, 0.5) is 14.7 Å². The lowest BCUT2D eigenvalue weighted by atomic mass is 10.1. The predicted octanol–water partition coefficient (Wildman–Crippen LogP) is 2.60. The van der Waals surface area contributed by atoms with Gasteiger partial charge in [0.25, 0.3) is 6.43 Å². The lowest BCUT2D eigenvalue weighted by molar-refractivity contribution is 0.151. The van der Waals surface area contributed by atoms with E-state index in [0.717, 1.165) is 5.56 Å². The summed E-state index contributed by atoms with van der Waals surface area (Å²) in [4.78, 5) is 6.64. The van der Waals surface area contributed by atoms with Gasteiger partial charge in [-0.1, -0.05) is 24.3 Å². The van der Waals surface area contributed by atoms with Crippen molar-refractivity contribution < 1.29 is 8.78 Å². The van der Waals surface area contributed by atoms with Crippen LogP contribution in [0, 0.1) is 0 Å². The average Bonchev–Trinajstić information content (AvgIpc) is 2.65. The third-order valence-corrected chi connectivity index (χ3v) is 2.07. The summed E-state index contributed by atoms with van der Waals surface area (Å²) in [6, 6.07) is 5.98. The number of benzene rings is 1. The van der Waals surface area contributed by atoms with Gasteiger partial charge in [-0.25, -0.2) is 13.8 Å². The Labute approximate surface area is 85.0 Å². The number of rotatable bonds is 2. The third kappa shape index (κ3) is 1.96. The van der Waals surface area contributed by atoms with Crippen molar-refractivity contribution in [3.8, 4) is 11.3 Å². The van der Waals surface area contributed by atoms with Crippen molar-refractivity contribution in [1.82, 2.24) is 9.97 Å². The largest absolute Gasteiger partial charge is 0.369 e. The lowest BCUT2D eigenvalue weighted by Gasteiger charge is -2.00. The number of nitrogens with one attached hydrogen (secondary N) is 1. The van der Waals surface area contributed by atoms with Crippen molar-refractivity contribution in [3.63, 3.8) is 0 Å². The van der Waals surface area contributed by atoms with Crippen molar-refractivity contribution in [1.29, 1.82) is 0 Å². The summed E-state index contributed by atoms with van der Waals surface area (Å²) in [6.45, 7) is 0. The van der Waals surface area contributed by atoms with Crippen LogP contribution in [0.2, 0.25) is 0 Å². The van der Waals surface area contributed by atoms with Gasteiger partial charge in [-0.3, -0.25) is 0 Å². The van der Waals surface area contributed by atoms with Crippen LogP contribution in [-0.4, -0.2) is 9.97 Å². The second kappa shape index (κ2) is 3.68. The zero-order chi connectivity index (χ0) is 10.8. The van der Waals surface area contributed by atoms with Gasteiger partial charge in [0.2, 0.25) is 0 Å². The molecule has 0 amide bonds. The molecule has 0 bridgehead atoms. The molecule has 0 fully saturated rings. The molecule has 0 unspecified atom stereocenters. The van der Waals surface area contributed by atoms with E-state index in [1.807, 2.05) is 0 Å². The number of alkyl halides is 2. The molecule has 0 saturated carbocycles. The number of imidazole rings is 1. The second-order valence-electron chi connectivity index (χ2n) is 3.10. The number of nitrogens with zero attached hydrogens (tertiary/aromatic N) is 1. The fourth-order valence-electron chi connectivity index (χ4n) is 1.29. The summed E-state index contributed by atoms with van der Waals surface area (Å²) in [6.07, 6.45) is -0.877. The highest BCUT2D eigenvalue weighted by molar-refractivity contribution is 5.60. The van der Waals surface area contributed by atoms with Crippen molar-refractivity contribution in [2.24, 2.45) is 0 Å². The van der Waals surface area contributed by atoms with Gasteiger partial charge in [0, 0.05) is 5.56 Å². The Hall–Kier alpha value is -1.91. The topological polar surface area (TPSA) is 54.7 Å². The highest BCUT2D eigenvalue weighted by Gasteiger charge is 2.07. The number of hydrogen-bond donors (Lipinski definition) is 2. The molecule has 1 aromatic carbocycles. The first kappa shape index (κ1) is 9.64. The fourth-order valence-corrected chi connectivity index (χ4v) is 1.29. The van der Waals surface area contributed by atoms with E-state index in [4.69, 9.17) is 5.73 Å². The smallest absolute Gasteiger partial charge is 0.263 e. The molecule has 3 N–H and O–H groups in total. The van der Waals surface area contributed by atoms with E-state index in [1.54, 1.807) is 18.3 Å². The number of aromatic amines is 1. The predicted molar refractivity (Wildman–Crippen MR) is 53.4 cm³/mol. The Morgan fingerprint density at radius 2 is 1.87 bits per heavy atom. The van der Waals surface area contributed by atoms with Crippen LogP contribution in [0.15, 0.2) is 30.5 Å². The number of nitrogen functional groups attached to an aromatic ring is 1. The highest BCUT2D eigenvalue weighted by Crippen LogP contribution is 2.23. The minimum atomic E-state index is -2.44. The van der Waals surface area contributed by atoms with Crippen LogP contribution in [0.5, 0.6) is 0 Å². The quantitative estimate of drug-likeness (QED) is 0.798. The van der Waals surface area contributed by atoms with Gasteiger partial charge in [0.05, 0.1) is 11.9 Å². The van der Waals surface area contributed by atoms with E-state index < -0.39 is 6.43 Å². The number of anilines is 1. The Bertz CT molecular complexity index is 448. The summed E-state index contributed by atoms with van der Waals surface area (Å²) in [5.74, 6) is 0.308. The Morgan fingerprint density at radius 3 is 2.33 bits per heavy atom. The molecule has 2 aromatic rings. The molecule has 1 aromatic heterocycles.